The van der Waals surface area contributed by atoms with E-state index >= 15 is 0 Å². The Labute approximate surface area is 115 Å². The van der Waals surface area contributed by atoms with Crippen LogP contribution in [0.1, 0.15) is 56.6 Å². The average Bonchev–Trinajstić information content (AvgIpc) is 2.46. The van der Waals surface area contributed by atoms with E-state index in [9.17, 15) is 0 Å². The van der Waals surface area contributed by atoms with Crippen LogP contribution in [0.2, 0.25) is 0 Å². The summed E-state index contributed by atoms with van der Waals surface area (Å²) < 4.78 is 5.60. The van der Waals surface area contributed by atoms with Crippen molar-refractivity contribution in [2.45, 2.75) is 45.4 Å². The minimum Gasteiger partial charge on any atom is -0.492 e. The molecular weight excluding hydrogens is 236 g/mol. The van der Waals surface area contributed by atoms with Crippen LogP contribution in [0.3, 0.4) is 0 Å². The molecule has 0 heterocycles. The molecule has 0 radical (unpaired) electrons. The predicted molar refractivity (Wildman–Crippen MR) is 74.7 cm³/mol. The summed E-state index contributed by atoms with van der Waals surface area (Å²) >= 11 is 0. The maximum atomic E-state index is 8.97. The Morgan fingerprint density at radius 2 is 1.74 bits per heavy atom. The van der Waals surface area contributed by atoms with Gasteiger partial charge in [0.05, 0.1) is 23.8 Å². The maximum Gasteiger partial charge on any atom is 0.138 e. The van der Waals surface area contributed by atoms with Crippen LogP contribution in [0.5, 0.6) is 5.75 Å². The number of rotatable bonds is 8. The second-order valence-corrected chi connectivity index (χ2v) is 4.55. The van der Waals surface area contributed by atoms with E-state index in [0.717, 1.165) is 12.8 Å². The molecule has 100 valence electrons. The lowest BCUT2D eigenvalue weighted by Gasteiger charge is -2.08. The van der Waals surface area contributed by atoms with Crippen LogP contribution in [0.4, 0.5) is 0 Å². The fourth-order valence-electron chi connectivity index (χ4n) is 1.87. The van der Waals surface area contributed by atoms with Gasteiger partial charge >= 0.3 is 0 Å². The highest BCUT2D eigenvalue weighted by molar-refractivity contribution is 5.48. The lowest BCUT2D eigenvalue weighted by molar-refractivity contribution is 0.303. The number of ether oxygens (including phenoxy) is 1. The highest BCUT2D eigenvalue weighted by Gasteiger charge is 2.04. The molecule has 1 aromatic carbocycles. The molecule has 3 heteroatoms. The van der Waals surface area contributed by atoms with Gasteiger partial charge in [0, 0.05) is 0 Å². The average molecular weight is 256 g/mol. The Bertz CT molecular complexity index is 469. The Hall–Kier alpha value is -2.00. The molecule has 0 atom stereocenters. The van der Waals surface area contributed by atoms with Gasteiger partial charge in [0.1, 0.15) is 11.8 Å². The number of benzene rings is 1. The van der Waals surface area contributed by atoms with Crippen molar-refractivity contribution in [2.75, 3.05) is 6.61 Å². The SMILES string of the molecule is CCCCCCCCOc1cc(C#N)ccc1C#N. The molecule has 0 unspecified atom stereocenters. The van der Waals surface area contributed by atoms with Crippen LogP contribution in [0.15, 0.2) is 18.2 Å². The molecule has 0 aliphatic carbocycles. The van der Waals surface area contributed by atoms with Crippen LogP contribution in [-0.4, -0.2) is 6.61 Å². The van der Waals surface area contributed by atoms with Crippen molar-refractivity contribution in [3.63, 3.8) is 0 Å². The highest BCUT2D eigenvalue weighted by atomic mass is 16.5. The van der Waals surface area contributed by atoms with E-state index in [1.54, 1.807) is 18.2 Å². The fraction of sp³-hybridized carbons (Fsp3) is 0.500. The first kappa shape index (κ1) is 15.1. The van der Waals surface area contributed by atoms with E-state index < -0.39 is 0 Å². The molecular formula is C16H20N2O. The van der Waals surface area contributed by atoms with E-state index in [2.05, 4.69) is 19.1 Å². The van der Waals surface area contributed by atoms with Gasteiger partial charge in [-0.15, -0.1) is 0 Å². The molecule has 0 fully saturated rings. The molecule has 0 N–H and O–H groups in total. The summed E-state index contributed by atoms with van der Waals surface area (Å²) in [4.78, 5) is 0. The van der Waals surface area contributed by atoms with Crippen molar-refractivity contribution in [3.8, 4) is 17.9 Å². The molecule has 0 saturated heterocycles. The topological polar surface area (TPSA) is 56.8 Å². The third-order valence-corrected chi connectivity index (χ3v) is 2.99. The lowest BCUT2D eigenvalue weighted by atomic mass is 10.1. The largest absolute Gasteiger partial charge is 0.492 e. The smallest absolute Gasteiger partial charge is 0.138 e. The Balaban J connectivity index is 2.36. The predicted octanol–water partition coefficient (Wildman–Crippen LogP) is 4.17. The van der Waals surface area contributed by atoms with Crippen LogP contribution in [-0.2, 0) is 0 Å². The highest BCUT2D eigenvalue weighted by Crippen LogP contribution is 2.20. The van der Waals surface area contributed by atoms with Gasteiger partial charge in [-0.25, -0.2) is 0 Å². The summed E-state index contributed by atoms with van der Waals surface area (Å²) in [5.74, 6) is 0.523. The second-order valence-electron chi connectivity index (χ2n) is 4.55. The van der Waals surface area contributed by atoms with E-state index in [1.165, 1.54) is 25.7 Å². The molecule has 1 rings (SSSR count). The van der Waals surface area contributed by atoms with Crippen molar-refractivity contribution >= 4 is 0 Å². The van der Waals surface area contributed by atoms with Crippen LogP contribution in [0.25, 0.3) is 0 Å². The number of nitriles is 2. The van der Waals surface area contributed by atoms with Crippen LogP contribution in [0, 0.1) is 22.7 Å². The molecule has 19 heavy (non-hydrogen) atoms. The van der Waals surface area contributed by atoms with Crippen molar-refractivity contribution in [3.05, 3.63) is 29.3 Å². The molecule has 0 aromatic heterocycles. The summed E-state index contributed by atoms with van der Waals surface area (Å²) in [6.07, 6.45) is 7.21. The van der Waals surface area contributed by atoms with Crippen molar-refractivity contribution in [2.24, 2.45) is 0 Å². The second kappa shape index (κ2) is 9.00. The Morgan fingerprint density at radius 1 is 1.00 bits per heavy atom. The summed E-state index contributed by atoms with van der Waals surface area (Å²) in [6, 6.07) is 9.04. The molecule has 3 nitrogen and oxygen atoms in total. The monoisotopic (exact) mass is 256 g/mol. The normalized spacial score (nSPS) is 9.63. The molecule has 0 bridgehead atoms. The van der Waals surface area contributed by atoms with Gasteiger partial charge < -0.3 is 4.74 Å². The zero-order chi connectivity index (χ0) is 13.9. The molecule has 0 aliphatic heterocycles. The molecule has 0 spiro atoms. The van der Waals surface area contributed by atoms with E-state index in [0.29, 0.717) is 23.5 Å². The summed E-state index contributed by atoms with van der Waals surface area (Å²) in [5.41, 5.74) is 1.02. The van der Waals surface area contributed by atoms with Gasteiger partial charge in [0.2, 0.25) is 0 Å². The van der Waals surface area contributed by atoms with Gasteiger partial charge in [-0.1, -0.05) is 39.0 Å². The van der Waals surface area contributed by atoms with Gasteiger partial charge in [0.15, 0.2) is 0 Å². The molecule has 1 aromatic rings. The fourth-order valence-corrected chi connectivity index (χ4v) is 1.87. The molecule has 0 aliphatic rings. The first-order valence-electron chi connectivity index (χ1n) is 6.89. The van der Waals surface area contributed by atoms with Gasteiger partial charge in [-0.05, 0) is 24.6 Å². The first-order chi connectivity index (χ1) is 9.31. The van der Waals surface area contributed by atoms with Crippen molar-refractivity contribution < 1.29 is 4.74 Å². The maximum absolute atomic E-state index is 8.97. The first-order valence-corrected chi connectivity index (χ1v) is 6.89. The number of nitrogens with zero attached hydrogens (tertiary/aromatic N) is 2. The zero-order valence-electron chi connectivity index (χ0n) is 11.5. The minimum atomic E-state index is 0.491. The third-order valence-electron chi connectivity index (χ3n) is 2.99. The van der Waals surface area contributed by atoms with Gasteiger partial charge in [0.25, 0.3) is 0 Å². The lowest BCUT2D eigenvalue weighted by Crippen LogP contribution is -1.99. The summed E-state index contributed by atoms with van der Waals surface area (Å²) in [5, 5.41) is 17.8. The van der Waals surface area contributed by atoms with Crippen molar-refractivity contribution in [1.82, 2.24) is 0 Å². The Kier molecular flexibility index (Phi) is 7.13. The number of hydrogen-bond acceptors (Lipinski definition) is 3. The van der Waals surface area contributed by atoms with E-state index in [-0.39, 0.29) is 0 Å². The number of hydrogen-bond donors (Lipinski definition) is 0. The standard InChI is InChI=1S/C16H20N2O/c1-2-3-4-5-6-7-10-19-16-11-14(12-17)8-9-15(16)13-18/h8-9,11H,2-7,10H2,1H3. The van der Waals surface area contributed by atoms with Gasteiger partial charge in [-0.3, -0.25) is 0 Å². The Morgan fingerprint density at radius 3 is 2.42 bits per heavy atom. The van der Waals surface area contributed by atoms with Crippen LogP contribution < -0.4 is 4.74 Å². The van der Waals surface area contributed by atoms with Crippen LogP contribution >= 0.6 is 0 Å². The zero-order valence-corrected chi connectivity index (χ0v) is 11.5. The minimum absolute atomic E-state index is 0.491. The molecule has 0 amide bonds. The van der Waals surface area contributed by atoms with Crippen molar-refractivity contribution in [1.29, 1.82) is 10.5 Å². The molecule has 0 saturated carbocycles. The van der Waals surface area contributed by atoms with E-state index in [1.807, 2.05) is 0 Å². The quantitative estimate of drug-likeness (QED) is 0.656. The van der Waals surface area contributed by atoms with Gasteiger partial charge in [-0.2, -0.15) is 10.5 Å². The third kappa shape index (κ3) is 5.44. The van der Waals surface area contributed by atoms with E-state index in [4.69, 9.17) is 15.3 Å². The summed E-state index contributed by atoms with van der Waals surface area (Å²) in [6.45, 7) is 2.81. The number of unbranched alkanes of at least 4 members (excludes halogenated alkanes) is 5. The summed E-state index contributed by atoms with van der Waals surface area (Å²) in [7, 11) is 0.